The lowest BCUT2D eigenvalue weighted by Crippen LogP contribution is -2.21. The van der Waals surface area contributed by atoms with E-state index in [1.807, 2.05) is 37.3 Å². The Morgan fingerprint density at radius 2 is 1.90 bits per heavy atom. The van der Waals surface area contributed by atoms with E-state index in [9.17, 15) is 14.5 Å². The Morgan fingerprint density at radius 3 is 2.45 bits per heavy atom. The van der Waals surface area contributed by atoms with Crippen molar-refractivity contribution in [1.29, 1.82) is 0 Å². The van der Waals surface area contributed by atoms with Crippen LogP contribution in [-0.2, 0) is 6.54 Å². The van der Waals surface area contributed by atoms with Crippen LogP contribution in [0.1, 0.15) is 12.5 Å². The molecule has 5 heteroatoms. The van der Waals surface area contributed by atoms with E-state index in [4.69, 9.17) is 0 Å². The highest BCUT2D eigenvalue weighted by molar-refractivity contribution is 5.47. The van der Waals surface area contributed by atoms with Gasteiger partial charge in [-0.15, -0.1) is 0 Å². The summed E-state index contributed by atoms with van der Waals surface area (Å²) in [4.78, 5) is 11.9. The maximum atomic E-state index is 13.6. The summed E-state index contributed by atoms with van der Waals surface area (Å²) in [6, 6.07) is 13.8. The van der Waals surface area contributed by atoms with E-state index in [1.165, 1.54) is 12.1 Å². The highest BCUT2D eigenvalue weighted by Crippen LogP contribution is 2.21. The van der Waals surface area contributed by atoms with Crippen molar-refractivity contribution < 1.29 is 9.31 Å². The minimum absolute atomic E-state index is 0.489. The van der Waals surface area contributed by atoms with Crippen LogP contribution < -0.4 is 4.90 Å². The van der Waals surface area contributed by atoms with Gasteiger partial charge in [-0.3, -0.25) is 10.1 Å². The van der Waals surface area contributed by atoms with E-state index >= 15 is 0 Å². The highest BCUT2D eigenvalue weighted by atomic mass is 19.1. The number of benzene rings is 2. The first-order valence-electron chi connectivity index (χ1n) is 6.34. The Kier molecular flexibility index (Phi) is 4.30. The Bertz CT molecular complexity index is 602. The number of anilines is 1. The zero-order valence-electron chi connectivity index (χ0n) is 11.1. The molecule has 0 saturated carbocycles. The van der Waals surface area contributed by atoms with Gasteiger partial charge in [0.15, 0.2) is 0 Å². The molecular formula is C15H15FN2O2. The van der Waals surface area contributed by atoms with Crippen molar-refractivity contribution in [2.75, 3.05) is 11.4 Å². The first-order chi connectivity index (χ1) is 9.61. The monoisotopic (exact) mass is 274 g/mol. The number of hydrogen-bond donors (Lipinski definition) is 0. The molecule has 0 amide bonds. The molecule has 4 nitrogen and oxygen atoms in total. The minimum atomic E-state index is -0.795. The highest BCUT2D eigenvalue weighted by Gasteiger charge is 2.14. The molecule has 0 fully saturated rings. The molecular weight excluding hydrogens is 259 g/mol. The van der Waals surface area contributed by atoms with Crippen LogP contribution in [0.5, 0.6) is 0 Å². The standard InChI is InChI=1S/C15H15FN2O2/c1-2-17(13-6-4-3-5-7-13)11-12-8-9-15(18(19)20)14(16)10-12/h3-10H,2,11H2,1H3. The smallest absolute Gasteiger partial charge is 0.304 e. The lowest BCUT2D eigenvalue weighted by atomic mass is 10.1. The molecule has 0 aromatic heterocycles. The summed E-state index contributed by atoms with van der Waals surface area (Å²) < 4.78 is 13.6. The van der Waals surface area contributed by atoms with E-state index in [1.54, 1.807) is 6.07 Å². The van der Waals surface area contributed by atoms with Gasteiger partial charge in [0.05, 0.1) is 4.92 Å². The van der Waals surface area contributed by atoms with Crippen LogP contribution in [0.15, 0.2) is 48.5 Å². The van der Waals surface area contributed by atoms with Crippen LogP contribution >= 0.6 is 0 Å². The topological polar surface area (TPSA) is 46.4 Å². The van der Waals surface area contributed by atoms with Crippen LogP contribution in [0.2, 0.25) is 0 Å². The summed E-state index contributed by atoms with van der Waals surface area (Å²) in [6.07, 6.45) is 0. The van der Waals surface area contributed by atoms with E-state index in [2.05, 4.69) is 4.90 Å². The molecule has 0 heterocycles. The molecule has 0 aliphatic carbocycles. The molecule has 0 radical (unpaired) electrons. The summed E-state index contributed by atoms with van der Waals surface area (Å²) in [7, 11) is 0. The predicted molar refractivity (Wildman–Crippen MR) is 76.2 cm³/mol. The largest absolute Gasteiger partial charge is 0.367 e. The molecule has 2 rings (SSSR count). The quantitative estimate of drug-likeness (QED) is 0.616. The lowest BCUT2D eigenvalue weighted by Gasteiger charge is -2.23. The second-order valence-electron chi connectivity index (χ2n) is 4.39. The third kappa shape index (κ3) is 3.12. The summed E-state index contributed by atoms with van der Waals surface area (Å²) >= 11 is 0. The van der Waals surface area contributed by atoms with Crippen molar-refractivity contribution >= 4 is 11.4 Å². The molecule has 2 aromatic carbocycles. The second-order valence-corrected chi connectivity index (χ2v) is 4.39. The molecule has 0 aliphatic heterocycles. The van der Waals surface area contributed by atoms with Crippen LogP contribution in [0.25, 0.3) is 0 Å². The third-order valence-electron chi connectivity index (χ3n) is 3.09. The molecule has 0 aliphatic rings. The van der Waals surface area contributed by atoms with Gasteiger partial charge >= 0.3 is 5.69 Å². The van der Waals surface area contributed by atoms with Gasteiger partial charge < -0.3 is 4.90 Å². The Balaban J connectivity index is 2.20. The van der Waals surface area contributed by atoms with Crippen LogP contribution in [0.3, 0.4) is 0 Å². The normalized spacial score (nSPS) is 10.3. The lowest BCUT2D eigenvalue weighted by molar-refractivity contribution is -0.387. The SMILES string of the molecule is CCN(Cc1ccc([N+](=O)[O-])c(F)c1)c1ccccc1. The third-order valence-corrected chi connectivity index (χ3v) is 3.09. The Hall–Kier alpha value is -2.43. The number of nitrogens with zero attached hydrogens (tertiary/aromatic N) is 2. The van der Waals surface area contributed by atoms with Gasteiger partial charge in [0.2, 0.25) is 5.82 Å². The van der Waals surface area contributed by atoms with Crippen LogP contribution in [0, 0.1) is 15.9 Å². The molecule has 0 atom stereocenters. The molecule has 20 heavy (non-hydrogen) atoms. The zero-order valence-corrected chi connectivity index (χ0v) is 11.1. The number of para-hydroxylation sites is 1. The number of rotatable bonds is 5. The van der Waals surface area contributed by atoms with Gasteiger partial charge in [-0.05, 0) is 30.7 Å². The Labute approximate surface area is 116 Å². The zero-order chi connectivity index (χ0) is 14.5. The van der Waals surface area contributed by atoms with Gasteiger partial charge in [-0.2, -0.15) is 4.39 Å². The van der Waals surface area contributed by atoms with Gasteiger partial charge in [0.25, 0.3) is 0 Å². The number of hydrogen-bond acceptors (Lipinski definition) is 3. The van der Waals surface area contributed by atoms with E-state index in [0.717, 1.165) is 12.2 Å². The number of halogens is 1. The summed E-state index contributed by atoms with van der Waals surface area (Å²) in [6.45, 7) is 3.28. The van der Waals surface area contributed by atoms with Crippen molar-refractivity contribution in [3.05, 3.63) is 70.0 Å². The fourth-order valence-corrected chi connectivity index (χ4v) is 2.04. The van der Waals surface area contributed by atoms with E-state index < -0.39 is 16.4 Å². The second kappa shape index (κ2) is 6.14. The maximum absolute atomic E-state index is 13.6. The van der Waals surface area contributed by atoms with Crippen molar-refractivity contribution in [2.24, 2.45) is 0 Å². The number of nitro groups is 1. The van der Waals surface area contributed by atoms with Crippen LogP contribution in [0.4, 0.5) is 15.8 Å². The molecule has 2 aromatic rings. The summed E-state index contributed by atoms with van der Waals surface area (Å²) in [5.41, 5.74) is 1.25. The van der Waals surface area contributed by atoms with Crippen molar-refractivity contribution in [2.45, 2.75) is 13.5 Å². The molecule has 0 unspecified atom stereocenters. The number of nitro benzene ring substituents is 1. The van der Waals surface area contributed by atoms with Crippen molar-refractivity contribution in [3.63, 3.8) is 0 Å². The van der Waals surface area contributed by atoms with Gasteiger partial charge in [-0.1, -0.05) is 24.3 Å². The van der Waals surface area contributed by atoms with E-state index in [-0.39, 0.29) is 0 Å². The van der Waals surface area contributed by atoms with Gasteiger partial charge in [0.1, 0.15) is 0 Å². The summed E-state index contributed by atoms with van der Waals surface area (Å²) in [5.74, 6) is -0.795. The average Bonchev–Trinajstić information content (AvgIpc) is 2.45. The minimum Gasteiger partial charge on any atom is -0.367 e. The maximum Gasteiger partial charge on any atom is 0.304 e. The molecule has 0 N–H and O–H groups in total. The van der Waals surface area contributed by atoms with Gasteiger partial charge in [-0.25, -0.2) is 0 Å². The molecule has 0 saturated heterocycles. The van der Waals surface area contributed by atoms with Crippen molar-refractivity contribution in [3.8, 4) is 0 Å². The van der Waals surface area contributed by atoms with Crippen molar-refractivity contribution in [1.82, 2.24) is 0 Å². The first-order valence-corrected chi connectivity index (χ1v) is 6.34. The van der Waals surface area contributed by atoms with Gasteiger partial charge in [0, 0.05) is 24.8 Å². The molecule has 104 valence electrons. The fraction of sp³-hybridized carbons (Fsp3) is 0.200. The van der Waals surface area contributed by atoms with E-state index in [0.29, 0.717) is 12.1 Å². The predicted octanol–water partition coefficient (Wildman–Crippen LogP) is 3.76. The first kappa shape index (κ1) is 14.0. The molecule has 0 bridgehead atoms. The summed E-state index contributed by atoms with van der Waals surface area (Å²) in [5, 5.41) is 10.6. The average molecular weight is 274 g/mol. The van der Waals surface area contributed by atoms with Crippen LogP contribution in [-0.4, -0.2) is 11.5 Å². The fourth-order valence-electron chi connectivity index (χ4n) is 2.04. The Morgan fingerprint density at radius 1 is 1.20 bits per heavy atom. The molecule has 0 spiro atoms.